The lowest BCUT2D eigenvalue weighted by atomic mass is 10.2. The largest absolute Gasteiger partial charge is 0.324 e. The molecule has 2 aromatic carbocycles. The number of hydrogen-bond donors (Lipinski definition) is 1. The third-order valence-corrected chi connectivity index (χ3v) is 6.19. The van der Waals surface area contributed by atoms with Gasteiger partial charge in [-0.2, -0.15) is 5.26 Å². The van der Waals surface area contributed by atoms with E-state index in [0.29, 0.717) is 11.3 Å². The summed E-state index contributed by atoms with van der Waals surface area (Å²) in [6, 6.07) is 16.2. The van der Waals surface area contributed by atoms with E-state index in [1.54, 1.807) is 41.8 Å². The molecule has 0 saturated carbocycles. The second-order valence-electron chi connectivity index (χ2n) is 5.38. The van der Waals surface area contributed by atoms with E-state index in [1.807, 2.05) is 6.07 Å². The first kappa shape index (κ1) is 18.6. The number of carbonyl (C=O) groups is 1. The molecule has 1 N–H and O–H groups in total. The summed E-state index contributed by atoms with van der Waals surface area (Å²) in [4.78, 5) is 16.6. The number of benzene rings is 2. The van der Waals surface area contributed by atoms with Crippen molar-refractivity contribution in [2.75, 3.05) is 16.2 Å². The number of hydrogen-bond acceptors (Lipinski definition) is 6. The number of aromatic nitrogens is 1. The van der Waals surface area contributed by atoms with E-state index < -0.39 is 22.5 Å². The minimum atomic E-state index is -3.96. The molecular weight excluding hydrogens is 384 g/mol. The van der Waals surface area contributed by atoms with E-state index in [9.17, 15) is 13.2 Å². The lowest BCUT2D eigenvalue weighted by Gasteiger charge is -2.21. The maximum Gasteiger partial charge on any atom is 0.266 e. The number of sulfonamides is 1. The first-order valence-electron chi connectivity index (χ1n) is 7.78. The molecule has 1 aromatic heterocycles. The van der Waals surface area contributed by atoms with E-state index in [-0.39, 0.29) is 10.0 Å². The number of carbonyl (C=O) groups excluding carboxylic acids is 1. The van der Waals surface area contributed by atoms with Crippen molar-refractivity contribution in [3.05, 3.63) is 71.7 Å². The molecule has 0 atom stereocenters. The van der Waals surface area contributed by atoms with E-state index in [0.717, 1.165) is 15.6 Å². The van der Waals surface area contributed by atoms with Gasteiger partial charge in [-0.25, -0.2) is 17.7 Å². The first-order valence-corrected chi connectivity index (χ1v) is 10.1. The fraction of sp³-hybridized carbons (Fsp3) is 0.0556. The Morgan fingerprint density at radius 2 is 1.96 bits per heavy atom. The summed E-state index contributed by atoms with van der Waals surface area (Å²) in [6.07, 6.45) is 1.47. The van der Waals surface area contributed by atoms with Crippen LogP contribution >= 0.6 is 11.3 Å². The maximum absolute atomic E-state index is 13.0. The van der Waals surface area contributed by atoms with Crippen molar-refractivity contribution in [3.8, 4) is 6.07 Å². The Kier molecular flexibility index (Phi) is 5.49. The molecule has 0 aliphatic rings. The molecule has 0 aliphatic heterocycles. The second-order valence-corrected chi connectivity index (χ2v) is 8.12. The third kappa shape index (κ3) is 4.31. The quantitative estimate of drug-likeness (QED) is 0.688. The smallest absolute Gasteiger partial charge is 0.266 e. The van der Waals surface area contributed by atoms with Crippen LogP contribution in [0.4, 0.5) is 10.8 Å². The van der Waals surface area contributed by atoms with Crippen molar-refractivity contribution in [1.29, 1.82) is 5.26 Å². The van der Waals surface area contributed by atoms with Crippen LogP contribution in [-0.4, -0.2) is 25.9 Å². The van der Waals surface area contributed by atoms with Gasteiger partial charge in [0, 0.05) is 17.3 Å². The highest BCUT2D eigenvalue weighted by atomic mass is 32.2. The minimum Gasteiger partial charge on any atom is -0.324 e. The van der Waals surface area contributed by atoms with Gasteiger partial charge in [-0.1, -0.05) is 24.3 Å². The molecule has 9 heteroatoms. The number of nitrogens with one attached hydrogen (secondary N) is 1. The van der Waals surface area contributed by atoms with Crippen LogP contribution in [0.15, 0.2) is 71.1 Å². The summed E-state index contributed by atoms with van der Waals surface area (Å²) in [7, 11) is -3.96. The Morgan fingerprint density at radius 1 is 1.19 bits per heavy atom. The lowest BCUT2D eigenvalue weighted by Crippen LogP contribution is -2.38. The van der Waals surface area contributed by atoms with E-state index in [4.69, 9.17) is 5.26 Å². The summed E-state index contributed by atoms with van der Waals surface area (Å²) >= 11 is 1.12. The highest BCUT2D eigenvalue weighted by Crippen LogP contribution is 2.25. The molecule has 0 spiro atoms. The Labute approximate surface area is 160 Å². The van der Waals surface area contributed by atoms with Gasteiger partial charge in [-0.05, 0) is 30.3 Å². The highest BCUT2D eigenvalue weighted by molar-refractivity contribution is 7.93. The Bertz CT molecular complexity index is 1080. The van der Waals surface area contributed by atoms with Crippen LogP contribution in [-0.2, 0) is 14.8 Å². The number of amides is 1. The van der Waals surface area contributed by atoms with Crippen molar-refractivity contribution < 1.29 is 13.2 Å². The van der Waals surface area contributed by atoms with E-state index >= 15 is 0 Å². The van der Waals surface area contributed by atoms with Crippen molar-refractivity contribution in [3.63, 3.8) is 0 Å². The number of thiazole rings is 1. The summed E-state index contributed by atoms with van der Waals surface area (Å²) in [5.74, 6) is -0.542. The molecule has 0 unspecified atom stereocenters. The monoisotopic (exact) mass is 398 g/mol. The van der Waals surface area contributed by atoms with Gasteiger partial charge in [-0.3, -0.25) is 4.79 Å². The van der Waals surface area contributed by atoms with Gasteiger partial charge in [0.2, 0.25) is 5.91 Å². The molecule has 0 aliphatic carbocycles. The van der Waals surface area contributed by atoms with E-state index in [1.165, 1.54) is 24.4 Å². The molecule has 0 saturated heterocycles. The second kappa shape index (κ2) is 7.99. The standard InChI is InChI=1S/C18H14N4O3S2/c19-12-14-5-4-6-15(11-14)21-17(23)13-22(18-20-9-10-26-18)27(24,25)16-7-2-1-3-8-16/h1-11H,13H2,(H,21,23). The van der Waals surface area contributed by atoms with Crippen LogP contribution in [0, 0.1) is 11.3 Å². The molecular formula is C18H14N4O3S2. The summed E-state index contributed by atoms with van der Waals surface area (Å²) in [5, 5.41) is 13.4. The maximum atomic E-state index is 13.0. The van der Waals surface area contributed by atoms with Crippen LogP contribution in [0.5, 0.6) is 0 Å². The van der Waals surface area contributed by atoms with Gasteiger partial charge in [0.25, 0.3) is 10.0 Å². The number of nitrogens with zero attached hydrogens (tertiary/aromatic N) is 3. The molecule has 1 amide bonds. The molecule has 0 bridgehead atoms. The minimum absolute atomic E-state index is 0.0690. The van der Waals surface area contributed by atoms with Crippen LogP contribution < -0.4 is 9.62 Å². The first-order chi connectivity index (χ1) is 13.0. The molecule has 3 aromatic rings. The number of anilines is 2. The van der Waals surface area contributed by atoms with Gasteiger partial charge >= 0.3 is 0 Å². The number of nitriles is 1. The zero-order chi connectivity index (χ0) is 19.3. The van der Waals surface area contributed by atoms with Gasteiger partial charge in [-0.15, -0.1) is 11.3 Å². The van der Waals surface area contributed by atoms with Gasteiger partial charge in [0.05, 0.1) is 16.5 Å². The average molecular weight is 398 g/mol. The molecule has 1 heterocycles. The fourth-order valence-electron chi connectivity index (χ4n) is 2.31. The molecule has 7 nitrogen and oxygen atoms in total. The molecule has 0 fully saturated rings. The van der Waals surface area contributed by atoms with E-state index in [2.05, 4.69) is 10.3 Å². The molecule has 0 radical (unpaired) electrons. The molecule has 136 valence electrons. The van der Waals surface area contributed by atoms with Crippen LogP contribution in [0.3, 0.4) is 0 Å². The van der Waals surface area contributed by atoms with Crippen molar-refractivity contribution in [2.45, 2.75) is 4.90 Å². The Hall–Kier alpha value is -3.22. The van der Waals surface area contributed by atoms with Gasteiger partial charge in [0.1, 0.15) is 6.54 Å². The zero-order valence-corrected chi connectivity index (χ0v) is 15.6. The topological polar surface area (TPSA) is 103 Å². The normalized spacial score (nSPS) is 10.8. The SMILES string of the molecule is N#Cc1cccc(NC(=O)CN(c2nccs2)S(=O)(=O)c2ccccc2)c1. The van der Waals surface area contributed by atoms with Crippen molar-refractivity contribution in [2.24, 2.45) is 0 Å². The predicted molar refractivity (Wildman–Crippen MR) is 103 cm³/mol. The Morgan fingerprint density at radius 3 is 2.63 bits per heavy atom. The van der Waals surface area contributed by atoms with Gasteiger partial charge < -0.3 is 5.32 Å². The predicted octanol–water partition coefficient (Wildman–Crippen LogP) is 2.85. The fourth-order valence-corrected chi connectivity index (χ4v) is 4.58. The lowest BCUT2D eigenvalue weighted by molar-refractivity contribution is -0.114. The van der Waals surface area contributed by atoms with Crippen molar-refractivity contribution >= 4 is 38.1 Å². The summed E-state index contributed by atoms with van der Waals surface area (Å²) in [5.41, 5.74) is 0.803. The number of rotatable bonds is 6. The summed E-state index contributed by atoms with van der Waals surface area (Å²) in [6.45, 7) is -0.443. The average Bonchev–Trinajstić information content (AvgIpc) is 3.21. The van der Waals surface area contributed by atoms with Crippen LogP contribution in [0.1, 0.15) is 5.56 Å². The van der Waals surface area contributed by atoms with Crippen LogP contribution in [0.25, 0.3) is 0 Å². The molecule has 27 heavy (non-hydrogen) atoms. The zero-order valence-electron chi connectivity index (χ0n) is 13.9. The third-order valence-electron chi connectivity index (χ3n) is 3.53. The molecule has 3 rings (SSSR count). The van der Waals surface area contributed by atoms with Crippen molar-refractivity contribution in [1.82, 2.24) is 4.98 Å². The Balaban J connectivity index is 1.87. The van der Waals surface area contributed by atoms with Crippen LogP contribution in [0.2, 0.25) is 0 Å². The summed E-state index contributed by atoms with van der Waals surface area (Å²) < 4.78 is 26.9. The highest BCUT2D eigenvalue weighted by Gasteiger charge is 2.28. The van der Waals surface area contributed by atoms with Gasteiger partial charge in [0.15, 0.2) is 5.13 Å².